The van der Waals surface area contributed by atoms with E-state index in [-0.39, 0.29) is 12.2 Å². The minimum atomic E-state index is -2.10. The van der Waals surface area contributed by atoms with E-state index in [4.69, 9.17) is 5.11 Å². The Bertz CT molecular complexity index is 1210. The number of allylic oxidation sites excluding steroid dienone is 1. The molecule has 0 atom stereocenters. The van der Waals surface area contributed by atoms with Gasteiger partial charge < -0.3 is 14.9 Å². The molecule has 0 aliphatic carbocycles. The Balaban J connectivity index is 1.66. The molecule has 0 amide bonds. The van der Waals surface area contributed by atoms with Crippen LogP contribution in [0.1, 0.15) is 51.9 Å². The number of hydrogen-bond acceptors (Lipinski definition) is 4. The molecule has 5 rings (SSSR count). The van der Waals surface area contributed by atoms with E-state index in [9.17, 15) is 9.59 Å². The lowest BCUT2D eigenvalue weighted by Crippen LogP contribution is -2.60. The van der Waals surface area contributed by atoms with Gasteiger partial charge in [-0.1, -0.05) is 25.2 Å². The van der Waals surface area contributed by atoms with E-state index < -0.39 is 14.0 Å². The zero-order valence-electron chi connectivity index (χ0n) is 20.0. The van der Waals surface area contributed by atoms with Gasteiger partial charge in [-0.2, -0.15) is 0 Å². The van der Waals surface area contributed by atoms with Crippen LogP contribution in [0, 0.1) is 0 Å². The van der Waals surface area contributed by atoms with Crippen molar-refractivity contribution in [2.24, 2.45) is 0 Å². The fourth-order valence-electron chi connectivity index (χ4n) is 5.81. The molecule has 6 heteroatoms. The van der Waals surface area contributed by atoms with Crippen LogP contribution in [-0.2, 0) is 17.6 Å². The average Bonchev–Trinajstić information content (AvgIpc) is 3.33. The van der Waals surface area contributed by atoms with Gasteiger partial charge in [0.05, 0.1) is 0 Å². The highest BCUT2D eigenvalue weighted by Crippen LogP contribution is 2.37. The summed E-state index contributed by atoms with van der Waals surface area (Å²) in [6.07, 6.45) is 7.58. The molecular weight excluding hydrogens is 428 g/mol. The summed E-state index contributed by atoms with van der Waals surface area (Å²) in [5, 5.41) is 11.4. The molecule has 0 saturated carbocycles. The predicted octanol–water partition coefficient (Wildman–Crippen LogP) is 3.31. The summed E-state index contributed by atoms with van der Waals surface area (Å²) in [5.41, 5.74) is 7.93. The Kier molecular flexibility index (Phi) is 5.24. The number of aliphatic carboxylic acids is 1. The van der Waals surface area contributed by atoms with Gasteiger partial charge in [-0.15, -0.1) is 0 Å². The summed E-state index contributed by atoms with van der Waals surface area (Å²) in [6, 6.07) is 6.79. The van der Waals surface area contributed by atoms with Crippen LogP contribution in [0.2, 0.25) is 13.1 Å². The molecule has 3 aliphatic heterocycles. The third kappa shape index (κ3) is 3.43. The van der Waals surface area contributed by atoms with Crippen LogP contribution in [-0.4, -0.2) is 52.1 Å². The fraction of sp³-hybridized carbons (Fsp3) is 0.407. The molecule has 33 heavy (non-hydrogen) atoms. The number of hydrogen-bond donors (Lipinski definition) is 1. The Hall–Kier alpha value is -2.86. The molecule has 5 nitrogen and oxygen atoms in total. The molecule has 0 saturated heterocycles. The van der Waals surface area contributed by atoms with E-state index in [1.807, 2.05) is 0 Å². The first kappa shape index (κ1) is 22.0. The van der Waals surface area contributed by atoms with Crippen molar-refractivity contribution in [2.45, 2.75) is 45.2 Å². The van der Waals surface area contributed by atoms with Gasteiger partial charge in [0.1, 0.15) is 8.07 Å². The number of carboxylic acid groups (broad SMARTS) is 1. The van der Waals surface area contributed by atoms with Crippen LogP contribution in [0.3, 0.4) is 0 Å². The van der Waals surface area contributed by atoms with E-state index in [0.29, 0.717) is 12.8 Å². The monoisotopic (exact) mass is 460 g/mol. The largest absolute Gasteiger partial charge is 0.481 e. The Morgan fingerprint density at radius 1 is 1.06 bits per heavy atom. The van der Waals surface area contributed by atoms with Crippen molar-refractivity contribution >= 4 is 47.7 Å². The molecular formula is C27H32N2O3Si. The number of ketones is 1. The first-order chi connectivity index (χ1) is 15.7. The highest BCUT2D eigenvalue weighted by molar-refractivity contribution is 7.02. The number of fused-ring (bicyclic) bond motifs is 4. The molecule has 3 heterocycles. The van der Waals surface area contributed by atoms with Crippen LogP contribution in [0.4, 0.5) is 11.4 Å². The summed E-state index contributed by atoms with van der Waals surface area (Å²) in [4.78, 5) is 29.5. The average molecular weight is 461 g/mol. The van der Waals surface area contributed by atoms with Crippen LogP contribution in [0.5, 0.6) is 0 Å². The van der Waals surface area contributed by atoms with E-state index in [1.54, 1.807) is 0 Å². The lowest BCUT2D eigenvalue weighted by Gasteiger charge is -2.35. The van der Waals surface area contributed by atoms with E-state index in [0.717, 1.165) is 42.6 Å². The van der Waals surface area contributed by atoms with Crippen molar-refractivity contribution in [1.82, 2.24) is 0 Å². The maximum Gasteiger partial charge on any atom is 0.303 e. The second-order valence-corrected chi connectivity index (χ2v) is 14.5. The van der Waals surface area contributed by atoms with E-state index in [1.165, 1.54) is 32.9 Å². The number of carbonyl (C=O) groups is 2. The number of anilines is 2. The molecule has 0 spiro atoms. The van der Waals surface area contributed by atoms with Gasteiger partial charge in [0, 0.05) is 56.1 Å². The Labute approximate surface area is 196 Å². The van der Waals surface area contributed by atoms with Gasteiger partial charge in [0.15, 0.2) is 5.78 Å². The van der Waals surface area contributed by atoms with Gasteiger partial charge in [0.25, 0.3) is 0 Å². The summed E-state index contributed by atoms with van der Waals surface area (Å²) in [6.45, 7) is 6.71. The van der Waals surface area contributed by atoms with Crippen LogP contribution in [0.25, 0.3) is 6.08 Å². The standard InChI is InChI=1S/C27H32N2O3Si/c1-28-12-10-17-14-20-23(15-21(17)28)33(3,4)24-16-22-18(11-13-29(22)2)19(26(24)27(20)32)8-6-5-7-9-25(30)31/h6,8,14-16H,5,7,9-13H2,1-4H3,(H,30,31)/b8-6+. The fourth-order valence-corrected chi connectivity index (χ4v) is 8.83. The second-order valence-electron chi connectivity index (χ2n) is 10.2. The van der Waals surface area contributed by atoms with Gasteiger partial charge in [-0.25, -0.2) is 0 Å². The topological polar surface area (TPSA) is 60.9 Å². The number of carbonyl (C=O) groups excluding carboxylic acids is 1. The highest BCUT2D eigenvalue weighted by Gasteiger charge is 2.42. The molecule has 0 fully saturated rings. The summed E-state index contributed by atoms with van der Waals surface area (Å²) in [7, 11) is 2.17. The van der Waals surface area contributed by atoms with Crippen LogP contribution < -0.4 is 20.2 Å². The third-order valence-electron chi connectivity index (χ3n) is 7.77. The Morgan fingerprint density at radius 2 is 1.76 bits per heavy atom. The SMILES string of the molecule is CN1CCc2cc3c(cc21)[Si](C)(C)c1cc2c(c(/C=C/CCCC(=O)O)c1C3=O)CCN2C. The van der Waals surface area contributed by atoms with Crippen LogP contribution >= 0.6 is 0 Å². The normalized spacial score (nSPS) is 17.9. The molecule has 1 N–H and O–H groups in total. The number of nitrogens with zero attached hydrogens (tertiary/aromatic N) is 2. The molecule has 0 bridgehead atoms. The van der Waals surface area contributed by atoms with Crippen molar-refractivity contribution in [3.63, 3.8) is 0 Å². The number of carboxylic acids is 1. The zero-order chi connectivity index (χ0) is 23.5. The molecule has 0 unspecified atom stereocenters. The van der Waals surface area contributed by atoms with Crippen LogP contribution in [0.15, 0.2) is 24.3 Å². The van der Waals surface area contributed by atoms with Crippen molar-refractivity contribution in [3.05, 3.63) is 52.1 Å². The molecule has 172 valence electrons. The summed E-state index contributed by atoms with van der Waals surface area (Å²) >= 11 is 0. The maximum atomic E-state index is 14.0. The minimum Gasteiger partial charge on any atom is -0.481 e. The third-order valence-corrected chi connectivity index (χ3v) is 11.3. The van der Waals surface area contributed by atoms with Gasteiger partial charge >= 0.3 is 5.97 Å². The quantitative estimate of drug-likeness (QED) is 0.548. The first-order valence-electron chi connectivity index (χ1n) is 11.9. The molecule has 0 radical (unpaired) electrons. The lowest BCUT2D eigenvalue weighted by molar-refractivity contribution is -0.137. The summed E-state index contributed by atoms with van der Waals surface area (Å²) < 4.78 is 0. The first-order valence-corrected chi connectivity index (χ1v) is 14.9. The summed E-state index contributed by atoms with van der Waals surface area (Å²) in [5.74, 6) is -0.604. The van der Waals surface area contributed by atoms with Gasteiger partial charge in [-0.3, -0.25) is 9.59 Å². The zero-order valence-corrected chi connectivity index (χ0v) is 21.0. The van der Waals surface area contributed by atoms with Crippen molar-refractivity contribution in [2.75, 3.05) is 37.0 Å². The van der Waals surface area contributed by atoms with E-state index in [2.05, 4.69) is 67.3 Å². The maximum absolute atomic E-state index is 14.0. The van der Waals surface area contributed by atoms with Gasteiger partial charge in [0.2, 0.25) is 0 Å². The predicted molar refractivity (Wildman–Crippen MR) is 138 cm³/mol. The number of rotatable bonds is 5. The van der Waals surface area contributed by atoms with E-state index >= 15 is 0 Å². The van der Waals surface area contributed by atoms with Gasteiger partial charge in [-0.05, 0) is 70.9 Å². The minimum absolute atomic E-state index is 0.159. The lowest BCUT2D eigenvalue weighted by atomic mass is 9.91. The second kappa shape index (κ2) is 7.87. The van der Waals surface area contributed by atoms with Crippen molar-refractivity contribution < 1.29 is 14.7 Å². The van der Waals surface area contributed by atoms with Crippen molar-refractivity contribution in [3.8, 4) is 0 Å². The smallest absolute Gasteiger partial charge is 0.303 e. The molecule has 2 aromatic rings. The number of benzene rings is 2. The molecule has 3 aliphatic rings. The molecule has 2 aromatic carbocycles. The highest BCUT2D eigenvalue weighted by atomic mass is 28.3. The van der Waals surface area contributed by atoms with Crippen molar-refractivity contribution in [1.29, 1.82) is 0 Å². The Morgan fingerprint density at radius 3 is 2.52 bits per heavy atom. The number of likely N-dealkylation sites (N-methyl/N-ethyl adjacent to an activating group) is 2. The number of unbranched alkanes of at least 4 members (excludes halogenated alkanes) is 1. The molecule has 0 aromatic heterocycles.